The minimum absolute atomic E-state index is 0.00191. The predicted octanol–water partition coefficient (Wildman–Crippen LogP) is 1.66. The van der Waals surface area contributed by atoms with Crippen molar-refractivity contribution < 1.29 is 14.7 Å². The van der Waals surface area contributed by atoms with Crippen molar-refractivity contribution in [2.24, 2.45) is 0 Å². The molecule has 0 saturated heterocycles. The fraction of sp³-hybridized carbons (Fsp3) is 0.467. The summed E-state index contributed by atoms with van der Waals surface area (Å²) >= 11 is 0. The molecule has 5 heteroatoms. The standard InChI is InChI=1S/C15H22N2O3/c1-4-8-16-13(18)7-9-17-15(20)12-6-5-10(2)11(3)14(12)19/h5-6,19H,4,7-9H2,1-3H3,(H,16,18)(H,17,20). The van der Waals surface area contributed by atoms with Gasteiger partial charge in [0.05, 0.1) is 5.56 Å². The van der Waals surface area contributed by atoms with E-state index in [1.54, 1.807) is 19.1 Å². The van der Waals surface area contributed by atoms with E-state index >= 15 is 0 Å². The zero-order chi connectivity index (χ0) is 15.1. The number of carbonyl (C=O) groups is 2. The zero-order valence-corrected chi connectivity index (χ0v) is 12.2. The number of phenolic OH excluding ortho intramolecular Hbond substituents is 1. The van der Waals surface area contributed by atoms with Crippen molar-refractivity contribution in [1.82, 2.24) is 10.6 Å². The van der Waals surface area contributed by atoms with Gasteiger partial charge in [0, 0.05) is 19.5 Å². The Bertz CT molecular complexity index is 498. The molecular weight excluding hydrogens is 256 g/mol. The first-order valence-corrected chi connectivity index (χ1v) is 6.81. The molecule has 0 atom stereocenters. The second kappa shape index (κ2) is 7.53. The maximum Gasteiger partial charge on any atom is 0.255 e. The van der Waals surface area contributed by atoms with Crippen LogP contribution in [0, 0.1) is 13.8 Å². The van der Waals surface area contributed by atoms with Gasteiger partial charge < -0.3 is 15.7 Å². The molecule has 0 aliphatic rings. The smallest absolute Gasteiger partial charge is 0.255 e. The van der Waals surface area contributed by atoms with E-state index in [-0.39, 0.29) is 36.1 Å². The quantitative estimate of drug-likeness (QED) is 0.740. The van der Waals surface area contributed by atoms with Crippen molar-refractivity contribution in [3.8, 4) is 5.75 Å². The molecule has 0 saturated carbocycles. The van der Waals surface area contributed by atoms with Crippen molar-refractivity contribution >= 4 is 11.8 Å². The third-order valence-electron chi connectivity index (χ3n) is 3.16. The second-order valence-electron chi connectivity index (χ2n) is 4.76. The van der Waals surface area contributed by atoms with E-state index in [1.807, 2.05) is 13.8 Å². The molecule has 0 aliphatic carbocycles. The largest absolute Gasteiger partial charge is 0.507 e. The monoisotopic (exact) mass is 278 g/mol. The normalized spacial score (nSPS) is 10.2. The second-order valence-corrected chi connectivity index (χ2v) is 4.76. The molecule has 0 bridgehead atoms. The highest BCUT2D eigenvalue weighted by Crippen LogP contribution is 2.24. The van der Waals surface area contributed by atoms with Gasteiger partial charge in [-0.1, -0.05) is 13.0 Å². The Morgan fingerprint density at radius 2 is 1.85 bits per heavy atom. The van der Waals surface area contributed by atoms with Crippen LogP contribution in [0.2, 0.25) is 0 Å². The van der Waals surface area contributed by atoms with Crippen LogP contribution in [0.3, 0.4) is 0 Å². The molecule has 1 rings (SSSR count). The Kier molecular flexibility index (Phi) is 6.03. The van der Waals surface area contributed by atoms with Crippen LogP contribution in [0.1, 0.15) is 41.3 Å². The van der Waals surface area contributed by atoms with Gasteiger partial charge in [0.2, 0.25) is 5.91 Å². The first-order valence-electron chi connectivity index (χ1n) is 6.81. The summed E-state index contributed by atoms with van der Waals surface area (Å²) in [6.45, 7) is 6.50. The maximum absolute atomic E-state index is 11.9. The van der Waals surface area contributed by atoms with Crippen LogP contribution in [-0.4, -0.2) is 30.0 Å². The number of benzene rings is 1. The Balaban J connectivity index is 2.52. The van der Waals surface area contributed by atoms with Crippen molar-refractivity contribution in [1.29, 1.82) is 0 Å². The van der Waals surface area contributed by atoms with E-state index in [1.165, 1.54) is 0 Å². The maximum atomic E-state index is 11.9. The highest BCUT2D eigenvalue weighted by molar-refractivity contribution is 5.97. The number of carbonyl (C=O) groups excluding carboxylic acids is 2. The van der Waals surface area contributed by atoms with Crippen molar-refractivity contribution in [2.45, 2.75) is 33.6 Å². The van der Waals surface area contributed by atoms with Gasteiger partial charge in [-0.15, -0.1) is 0 Å². The van der Waals surface area contributed by atoms with Gasteiger partial charge in [0.15, 0.2) is 0 Å². The van der Waals surface area contributed by atoms with Crippen LogP contribution in [0.4, 0.5) is 0 Å². The topological polar surface area (TPSA) is 78.4 Å². The van der Waals surface area contributed by atoms with Gasteiger partial charge in [-0.2, -0.15) is 0 Å². The van der Waals surface area contributed by atoms with Crippen LogP contribution in [0.15, 0.2) is 12.1 Å². The van der Waals surface area contributed by atoms with E-state index in [0.29, 0.717) is 12.1 Å². The van der Waals surface area contributed by atoms with Gasteiger partial charge in [0.25, 0.3) is 5.91 Å². The molecule has 0 unspecified atom stereocenters. The summed E-state index contributed by atoms with van der Waals surface area (Å²) in [4.78, 5) is 23.3. The summed E-state index contributed by atoms with van der Waals surface area (Å²) in [6.07, 6.45) is 1.12. The van der Waals surface area contributed by atoms with Crippen LogP contribution < -0.4 is 10.6 Å². The van der Waals surface area contributed by atoms with E-state index in [4.69, 9.17) is 0 Å². The van der Waals surface area contributed by atoms with Gasteiger partial charge in [-0.3, -0.25) is 9.59 Å². The Morgan fingerprint density at radius 1 is 1.15 bits per heavy atom. The van der Waals surface area contributed by atoms with Crippen molar-refractivity contribution in [2.75, 3.05) is 13.1 Å². The lowest BCUT2D eigenvalue weighted by atomic mass is 10.0. The first-order chi connectivity index (χ1) is 9.47. The third kappa shape index (κ3) is 4.26. The molecule has 5 nitrogen and oxygen atoms in total. The number of aromatic hydroxyl groups is 1. The van der Waals surface area contributed by atoms with Crippen LogP contribution >= 0.6 is 0 Å². The molecule has 1 aromatic rings. The highest BCUT2D eigenvalue weighted by atomic mass is 16.3. The molecule has 0 heterocycles. The molecular formula is C15H22N2O3. The summed E-state index contributed by atoms with van der Waals surface area (Å²) in [6, 6.07) is 3.38. The summed E-state index contributed by atoms with van der Waals surface area (Å²) in [7, 11) is 0. The lowest BCUT2D eigenvalue weighted by Gasteiger charge is -2.10. The summed E-state index contributed by atoms with van der Waals surface area (Å²) in [5.41, 5.74) is 1.86. The molecule has 0 fully saturated rings. The molecule has 1 aromatic carbocycles. The molecule has 20 heavy (non-hydrogen) atoms. The fourth-order valence-electron chi connectivity index (χ4n) is 1.72. The number of phenols is 1. The van der Waals surface area contributed by atoms with Crippen molar-refractivity contribution in [3.63, 3.8) is 0 Å². The van der Waals surface area contributed by atoms with Gasteiger partial charge in [-0.05, 0) is 37.5 Å². The average Bonchev–Trinajstić information content (AvgIpc) is 2.42. The number of aryl methyl sites for hydroxylation is 1. The Morgan fingerprint density at radius 3 is 2.50 bits per heavy atom. The average molecular weight is 278 g/mol. The fourth-order valence-corrected chi connectivity index (χ4v) is 1.72. The summed E-state index contributed by atoms with van der Waals surface area (Å²) < 4.78 is 0. The molecule has 0 aliphatic heterocycles. The van der Waals surface area contributed by atoms with Gasteiger partial charge >= 0.3 is 0 Å². The Labute approximate surface area is 119 Å². The van der Waals surface area contributed by atoms with Gasteiger partial charge in [0.1, 0.15) is 5.75 Å². The molecule has 0 spiro atoms. The van der Waals surface area contributed by atoms with Crippen LogP contribution in [0.25, 0.3) is 0 Å². The Hall–Kier alpha value is -2.04. The lowest BCUT2D eigenvalue weighted by molar-refractivity contribution is -0.120. The van der Waals surface area contributed by atoms with E-state index in [0.717, 1.165) is 12.0 Å². The molecule has 2 amide bonds. The van der Waals surface area contributed by atoms with Gasteiger partial charge in [-0.25, -0.2) is 0 Å². The predicted molar refractivity (Wildman–Crippen MR) is 77.8 cm³/mol. The lowest BCUT2D eigenvalue weighted by Crippen LogP contribution is -2.31. The molecule has 0 radical (unpaired) electrons. The van der Waals surface area contributed by atoms with Crippen molar-refractivity contribution in [3.05, 3.63) is 28.8 Å². The summed E-state index contributed by atoms with van der Waals surface area (Å²) in [5.74, 6) is -0.455. The molecule has 0 aromatic heterocycles. The minimum atomic E-state index is -0.367. The van der Waals surface area contributed by atoms with E-state index in [9.17, 15) is 14.7 Å². The summed E-state index contributed by atoms with van der Waals surface area (Å²) in [5, 5.41) is 15.3. The number of amides is 2. The van der Waals surface area contributed by atoms with Crippen LogP contribution in [0.5, 0.6) is 5.75 Å². The van der Waals surface area contributed by atoms with E-state index in [2.05, 4.69) is 10.6 Å². The first kappa shape index (κ1) is 16.0. The number of hydrogen-bond acceptors (Lipinski definition) is 3. The highest BCUT2D eigenvalue weighted by Gasteiger charge is 2.13. The molecule has 3 N–H and O–H groups in total. The SMILES string of the molecule is CCCNC(=O)CCNC(=O)c1ccc(C)c(C)c1O. The van der Waals surface area contributed by atoms with E-state index < -0.39 is 0 Å². The van der Waals surface area contributed by atoms with Crippen LogP contribution in [-0.2, 0) is 4.79 Å². The minimum Gasteiger partial charge on any atom is -0.507 e. The number of nitrogens with one attached hydrogen (secondary N) is 2. The third-order valence-corrected chi connectivity index (χ3v) is 3.16. The zero-order valence-electron chi connectivity index (χ0n) is 12.2. The molecule has 110 valence electrons. The number of hydrogen-bond donors (Lipinski definition) is 3. The number of rotatable bonds is 6.